The lowest BCUT2D eigenvalue weighted by Crippen LogP contribution is -2.04. The molecule has 4 rings (SSSR count). The van der Waals surface area contributed by atoms with Crippen LogP contribution in [0.15, 0.2) is 62.9 Å². The summed E-state index contributed by atoms with van der Waals surface area (Å²) in [4.78, 5) is 11.9. The third-order valence-corrected chi connectivity index (χ3v) is 5.55. The monoisotopic (exact) mass is 398 g/mol. The number of aryl methyl sites for hydroxylation is 1. The Morgan fingerprint density at radius 3 is 2.81 bits per heavy atom. The standard InChI is InChI=1S/C19H15ClN4O2S/c1-12-7-17-15(9-16(12)20)14(8-18(25)26-17)11-27-19-21-22-23-24(19)10-13-5-3-2-4-6-13/h2-9H,10-11H2,1H3. The molecule has 0 saturated heterocycles. The Labute approximate surface area is 164 Å². The van der Waals surface area contributed by atoms with Gasteiger partial charge in [0, 0.05) is 22.2 Å². The van der Waals surface area contributed by atoms with E-state index in [0.29, 0.717) is 28.1 Å². The van der Waals surface area contributed by atoms with E-state index < -0.39 is 0 Å². The van der Waals surface area contributed by atoms with Crippen molar-refractivity contribution in [3.05, 3.63) is 80.7 Å². The van der Waals surface area contributed by atoms with Crippen molar-refractivity contribution in [1.29, 1.82) is 0 Å². The van der Waals surface area contributed by atoms with Crippen molar-refractivity contribution in [3.63, 3.8) is 0 Å². The Bertz CT molecular complexity index is 1160. The molecular formula is C19H15ClN4O2S. The van der Waals surface area contributed by atoms with E-state index >= 15 is 0 Å². The molecule has 0 N–H and O–H groups in total. The van der Waals surface area contributed by atoms with E-state index in [9.17, 15) is 4.79 Å². The normalized spacial score (nSPS) is 11.2. The maximum Gasteiger partial charge on any atom is 0.336 e. The van der Waals surface area contributed by atoms with Crippen LogP contribution in [0.1, 0.15) is 16.7 Å². The number of tetrazole rings is 1. The van der Waals surface area contributed by atoms with E-state index in [1.807, 2.05) is 43.3 Å². The first-order valence-corrected chi connectivity index (χ1v) is 9.62. The van der Waals surface area contributed by atoms with Crippen molar-refractivity contribution in [2.24, 2.45) is 0 Å². The highest BCUT2D eigenvalue weighted by molar-refractivity contribution is 7.98. The minimum absolute atomic E-state index is 0.385. The number of benzene rings is 2. The predicted octanol–water partition coefficient (Wildman–Crippen LogP) is 4.08. The molecule has 2 heterocycles. The largest absolute Gasteiger partial charge is 0.423 e. The van der Waals surface area contributed by atoms with Gasteiger partial charge in [0.15, 0.2) is 0 Å². The molecule has 27 heavy (non-hydrogen) atoms. The first kappa shape index (κ1) is 17.8. The van der Waals surface area contributed by atoms with E-state index in [-0.39, 0.29) is 5.63 Å². The van der Waals surface area contributed by atoms with Gasteiger partial charge < -0.3 is 4.42 Å². The summed E-state index contributed by atoms with van der Waals surface area (Å²) < 4.78 is 7.05. The summed E-state index contributed by atoms with van der Waals surface area (Å²) in [5.41, 5.74) is 2.96. The minimum Gasteiger partial charge on any atom is -0.423 e. The van der Waals surface area contributed by atoms with Crippen LogP contribution in [-0.2, 0) is 12.3 Å². The highest BCUT2D eigenvalue weighted by Gasteiger charge is 2.12. The number of aromatic nitrogens is 4. The molecule has 0 radical (unpaired) electrons. The fraction of sp³-hybridized carbons (Fsp3) is 0.158. The van der Waals surface area contributed by atoms with Crippen molar-refractivity contribution in [1.82, 2.24) is 20.2 Å². The second kappa shape index (κ2) is 7.54. The molecule has 0 aliphatic heterocycles. The summed E-state index contributed by atoms with van der Waals surface area (Å²) >= 11 is 7.71. The number of rotatable bonds is 5. The number of hydrogen-bond acceptors (Lipinski definition) is 6. The molecule has 0 aliphatic rings. The molecule has 0 fully saturated rings. The maximum atomic E-state index is 11.9. The Morgan fingerprint density at radius 2 is 2.00 bits per heavy atom. The van der Waals surface area contributed by atoms with Crippen LogP contribution in [-0.4, -0.2) is 20.2 Å². The highest BCUT2D eigenvalue weighted by atomic mass is 35.5. The number of hydrogen-bond donors (Lipinski definition) is 0. The summed E-state index contributed by atoms with van der Waals surface area (Å²) in [5.74, 6) is 0.524. The Balaban J connectivity index is 1.61. The first-order chi connectivity index (χ1) is 13.1. The molecule has 8 heteroatoms. The van der Waals surface area contributed by atoms with Crippen molar-refractivity contribution in [2.45, 2.75) is 24.4 Å². The van der Waals surface area contributed by atoms with Gasteiger partial charge in [-0.05, 0) is 46.2 Å². The van der Waals surface area contributed by atoms with Gasteiger partial charge in [0.2, 0.25) is 5.16 Å². The van der Waals surface area contributed by atoms with Gasteiger partial charge >= 0.3 is 5.63 Å². The lowest BCUT2D eigenvalue weighted by molar-refractivity contribution is 0.559. The summed E-state index contributed by atoms with van der Waals surface area (Å²) in [6.45, 7) is 2.46. The number of thioether (sulfide) groups is 1. The van der Waals surface area contributed by atoms with Crippen molar-refractivity contribution >= 4 is 34.3 Å². The average Bonchev–Trinajstić information content (AvgIpc) is 3.09. The van der Waals surface area contributed by atoms with Gasteiger partial charge in [-0.15, -0.1) is 5.10 Å². The molecule has 0 spiro atoms. The van der Waals surface area contributed by atoms with E-state index in [0.717, 1.165) is 22.1 Å². The molecule has 2 aromatic carbocycles. The molecule has 4 aromatic rings. The Kier molecular flexibility index (Phi) is 4.96. The van der Waals surface area contributed by atoms with Crippen LogP contribution in [0.25, 0.3) is 11.0 Å². The average molecular weight is 399 g/mol. The summed E-state index contributed by atoms with van der Waals surface area (Å²) in [5, 5.41) is 14.1. The summed E-state index contributed by atoms with van der Waals surface area (Å²) in [6.07, 6.45) is 0. The zero-order valence-corrected chi connectivity index (χ0v) is 16.0. The van der Waals surface area contributed by atoms with E-state index in [1.165, 1.54) is 17.8 Å². The van der Waals surface area contributed by atoms with Crippen LogP contribution in [0.5, 0.6) is 0 Å². The van der Waals surface area contributed by atoms with Crippen LogP contribution in [0.3, 0.4) is 0 Å². The van der Waals surface area contributed by atoms with Gasteiger partial charge in [-0.2, -0.15) is 0 Å². The molecule has 2 aromatic heterocycles. The molecule has 6 nitrogen and oxygen atoms in total. The van der Waals surface area contributed by atoms with Crippen molar-refractivity contribution in [3.8, 4) is 0 Å². The van der Waals surface area contributed by atoms with Gasteiger partial charge in [0.25, 0.3) is 0 Å². The number of nitrogens with zero attached hydrogens (tertiary/aromatic N) is 4. The molecule has 0 unspecified atom stereocenters. The van der Waals surface area contributed by atoms with Crippen LogP contribution >= 0.6 is 23.4 Å². The molecule has 0 amide bonds. The molecule has 0 bridgehead atoms. The fourth-order valence-corrected chi connectivity index (χ4v) is 3.80. The van der Waals surface area contributed by atoms with Crippen molar-refractivity contribution < 1.29 is 4.42 Å². The first-order valence-electron chi connectivity index (χ1n) is 8.26. The van der Waals surface area contributed by atoms with Gasteiger partial charge in [0.05, 0.1) is 6.54 Å². The maximum absolute atomic E-state index is 11.9. The van der Waals surface area contributed by atoms with Crippen LogP contribution in [0.4, 0.5) is 0 Å². The minimum atomic E-state index is -0.385. The predicted molar refractivity (Wildman–Crippen MR) is 105 cm³/mol. The van der Waals surface area contributed by atoms with E-state index in [2.05, 4.69) is 15.5 Å². The smallest absolute Gasteiger partial charge is 0.336 e. The van der Waals surface area contributed by atoms with Gasteiger partial charge in [-0.25, -0.2) is 9.48 Å². The van der Waals surface area contributed by atoms with E-state index in [1.54, 1.807) is 10.7 Å². The molecular weight excluding hydrogens is 384 g/mol. The third-order valence-electron chi connectivity index (χ3n) is 4.14. The van der Waals surface area contributed by atoms with E-state index in [4.69, 9.17) is 16.0 Å². The topological polar surface area (TPSA) is 73.8 Å². The van der Waals surface area contributed by atoms with Crippen LogP contribution < -0.4 is 5.63 Å². The second-order valence-corrected chi connectivity index (χ2v) is 7.43. The lowest BCUT2D eigenvalue weighted by Gasteiger charge is -2.08. The summed E-state index contributed by atoms with van der Waals surface area (Å²) in [6, 6.07) is 15.1. The van der Waals surface area contributed by atoms with Crippen LogP contribution in [0, 0.1) is 6.92 Å². The number of fused-ring (bicyclic) bond motifs is 1. The van der Waals surface area contributed by atoms with Crippen LogP contribution in [0.2, 0.25) is 5.02 Å². The zero-order valence-electron chi connectivity index (χ0n) is 14.4. The SMILES string of the molecule is Cc1cc2oc(=O)cc(CSc3nnnn3Cc3ccccc3)c2cc1Cl. The summed E-state index contributed by atoms with van der Waals surface area (Å²) in [7, 11) is 0. The number of halogens is 1. The lowest BCUT2D eigenvalue weighted by atomic mass is 10.1. The Hall–Kier alpha value is -2.64. The van der Waals surface area contributed by atoms with Gasteiger partial charge in [-0.1, -0.05) is 53.7 Å². The zero-order chi connectivity index (χ0) is 18.8. The Morgan fingerprint density at radius 1 is 1.19 bits per heavy atom. The molecule has 0 saturated carbocycles. The quantitative estimate of drug-likeness (QED) is 0.372. The van der Waals surface area contributed by atoms with Gasteiger partial charge in [0.1, 0.15) is 5.58 Å². The third kappa shape index (κ3) is 3.89. The van der Waals surface area contributed by atoms with Gasteiger partial charge in [-0.3, -0.25) is 0 Å². The fourth-order valence-electron chi connectivity index (χ4n) is 2.77. The van der Waals surface area contributed by atoms with Crippen molar-refractivity contribution in [2.75, 3.05) is 0 Å². The molecule has 0 atom stereocenters. The molecule has 136 valence electrons. The second-order valence-electron chi connectivity index (χ2n) is 6.08. The highest BCUT2D eigenvalue weighted by Crippen LogP contribution is 2.29. The molecule has 0 aliphatic carbocycles.